The number of imide groups is 1. The molecule has 0 bridgehead atoms. The second-order valence-electron chi connectivity index (χ2n) is 7.63. The predicted octanol–water partition coefficient (Wildman–Crippen LogP) is 3.84. The summed E-state index contributed by atoms with van der Waals surface area (Å²) in [5.74, 6) is -2.58. The summed E-state index contributed by atoms with van der Waals surface area (Å²) >= 11 is 0. The predicted molar refractivity (Wildman–Crippen MR) is 101 cm³/mol. The van der Waals surface area contributed by atoms with Gasteiger partial charge in [0.25, 0.3) is 5.91 Å². The van der Waals surface area contributed by atoms with Gasteiger partial charge < -0.3 is 14.2 Å². The first-order valence-electron chi connectivity index (χ1n) is 9.56. The maximum absolute atomic E-state index is 14.8. The lowest BCUT2D eigenvalue weighted by Crippen LogP contribution is -2.40. The summed E-state index contributed by atoms with van der Waals surface area (Å²) in [6, 6.07) is 5.71. The molecule has 1 atom stereocenters. The van der Waals surface area contributed by atoms with Crippen LogP contribution in [0.15, 0.2) is 36.4 Å². The van der Waals surface area contributed by atoms with Crippen molar-refractivity contribution in [3.8, 4) is 5.75 Å². The molecule has 3 aromatic rings. The summed E-state index contributed by atoms with van der Waals surface area (Å²) in [5.41, 5.74) is 1.42. The van der Waals surface area contributed by atoms with E-state index in [9.17, 15) is 31.5 Å². The van der Waals surface area contributed by atoms with Crippen molar-refractivity contribution in [1.82, 2.24) is 14.8 Å². The first kappa shape index (κ1) is 20.3. The van der Waals surface area contributed by atoms with Crippen molar-refractivity contribution in [2.45, 2.75) is 31.9 Å². The van der Waals surface area contributed by atoms with Crippen molar-refractivity contribution in [2.24, 2.45) is 0 Å². The largest absolute Gasteiger partial charge is 0.573 e. The van der Waals surface area contributed by atoms with Gasteiger partial charge in [-0.15, -0.1) is 13.2 Å². The van der Waals surface area contributed by atoms with Crippen LogP contribution in [0.4, 0.5) is 26.7 Å². The Balaban J connectivity index is 1.63. The number of halogens is 5. The van der Waals surface area contributed by atoms with Gasteiger partial charge in [0.2, 0.25) is 0 Å². The molecule has 1 fully saturated rings. The van der Waals surface area contributed by atoms with Gasteiger partial charge in [0.05, 0.1) is 12.1 Å². The van der Waals surface area contributed by atoms with Crippen LogP contribution in [-0.2, 0) is 24.3 Å². The minimum absolute atomic E-state index is 0.0357. The van der Waals surface area contributed by atoms with Crippen LogP contribution in [0.3, 0.4) is 0 Å². The third-order valence-electron chi connectivity index (χ3n) is 5.66. The molecule has 1 unspecified atom stereocenters. The third kappa shape index (κ3) is 3.33. The van der Waals surface area contributed by atoms with E-state index in [4.69, 9.17) is 0 Å². The number of aromatic nitrogens is 1. The topological polar surface area (TPSA) is 63.6 Å². The SMILES string of the molecule is O=C1NC(=O)N2Cc3c(c4cc(F)cc(F)c4n3Cc3cccc(OC(F)(F)F)c3)CC12. The number of nitrogens with one attached hydrogen (secondary N) is 1. The van der Waals surface area contributed by atoms with Crippen LogP contribution in [-0.4, -0.2) is 33.8 Å². The molecule has 166 valence electrons. The van der Waals surface area contributed by atoms with Crippen molar-refractivity contribution < 1.29 is 36.3 Å². The fourth-order valence-electron chi connectivity index (χ4n) is 4.41. The number of alkyl halides is 3. The van der Waals surface area contributed by atoms with Crippen molar-refractivity contribution >= 4 is 22.8 Å². The second kappa shape index (κ2) is 6.94. The summed E-state index contributed by atoms with van der Waals surface area (Å²) in [6.45, 7) is -0.0937. The van der Waals surface area contributed by atoms with Crippen LogP contribution < -0.4 is 10.1 Å². The molecular formula is C21H14F5N3O3. The molecule has 1 aromatic heterocycles. The highest BCUT2D eigenvalue weighted by Crippen LogP contribution is 2.37. The minimum Gasteiger partial charge on any atom is -0.406 e. The van der Waals surface area contributed by atoms with Crippen LogP contribution >= 0.6 is 0 Å². The van der Waals surface area contributed by atoms with E-state index < -0.39 is 41.7 Å². The normalized spacial score (nSPS) is 18.0. The molecule has 3 amide bonds. The monoisotopic (exact) mass is 451 g/mol. The van der Waals surface area contributed by atoms with Crippen molar-refractivity contribution in [2.75, 3.05) is 0 Å². The standard InChI is InChI=1S/C21H14F5N3O3/c22-11-5-14-13-7-16-19(30)27-20(31)29(16)9-17(13)28(18(14)15(23)6-11)8-10-2-1-3-12(4-10)32-21(24,25)26/h1-6,16H,7-9H2,(H,27,30,31). The fraction of sp³-hybridized carbons (Fsp3) is 0.238. The van der Waals surface area contributed by atoms with Crippen LogP contribution in [0.25, 0.3) is 10.9 Å². The minimum atomic E-state index is -4.87. The fourth-order valence-corrected chi connectivity index (χ4v) is 4.41. The van der Waals surface area contributed by atoms with Crippen LogP contribution in [0.2, 0.25) is 0 Å². The molecule has 3 heterocycles. The van der Waals surface area contributed by atoms with E-state index in [1.54, 1.807) is 6.07 Å². The van der Waals surface area contributed by atoms with Gasteiger partial charge in [-0.3, -0.25) is 10.1 Å². The first-order valence-corrected chi connectivity index (χ1v) is 9.56. The molecule has 6 nitrogen and oxygen atoms in total. The lowest BCUT2D eigenvalue weighted by Gasteiger charge is -2.28. The molecule has 2 aromatic carbocycles. The molecule has 11 heteroatoms. The summed E-state index contributed by atoms with van der Waals surface area (Å²) in [6.07, 6.45) is -4.80. The average molecular weight is 451 g/mol. The summed E-state index contributed by atoms with van der Waals surface area (Å²) in [5, 5.41) is 2.48. The molecule has 1 N–H and O–H groups in total. The van der Waals surface area contributed by atoms with Gasteiger partial charge in [-0.2, -0.15) is 0 Å². The quantitative estimate of drug-likeness (QED) is 0.486. The smallest absolute Gasteiger partial charge is 0.406 e. The third-order valence-corrected chi connectivity index (χ3v) is 5.66. The highest BCUT2D eigenvalue weighted by Gasteiger charge is 2.43. The van der Waals surface area contributed by atoms with Crippen molar-refractivity contribution in [3.63, 3.8) is 0 Å². The van der Waals surface area contributed by atoms with Gasteiger partial charge >= 0.3 is 12.4 Å². The number of urea groups is 1. The number of nitrogens with zero attached hydrogens (tertiary/aromatic N) is 2. The summed E-state index contributed by atoms with van der Waals surface area (Å²) in [7, 11) is 0. The molecule has 5 rings (SSSR count). The molecule has 2 aliphatic heterocycles. The molecule has 0 spiro atoms. The maximum atomic E-state index is 14.8. The molecule has 2 aliphatic rings. The molecule has 0 radical (unpaired) electrons. The van der Waals surface area contributed by atoms with E-state index in [1.807, 2.05) is 0 Å². The van der Waals surface area contributed by atoms with Crippen LogP contribution in [0, 0.1) is 11.6 Å². The number of carbonyl (C=O) groups is 2. The number of amides is 3. The first-order chi connectivity index (χ1) is 15.1. The van der Waals surface area contributed by atoms with Crippen LogP contribution in [0.5, 0.6) is 5.75 Å². The Morgan fingerprint density at radius 3 is 2.66 bits per heavy atom. The van der Waals surface area contributed by atoms with Crippen molar-refractivity contribution in [1.29, 1.82) is 0 Å². The van der Waals surface area contributed by atoms with E-state index in [0.717, 1.165) is 12.1 Å². The number of benzene rings is 2. The maximum Gasteiger partial charge on any atom is 0.573 e. The van der Waals surface area contributed by atoms with Gasteiger partial charge in [0, 0.05) is 30.1 Å². The van der Waals surface area contributed by atoms with Crippen LogP contribution in [0.1, 0.15) is 16.8 Å². The summed E-state index contributed by atoms with van der Waals surface area (Å²) < 4.78 is 72.1. The van der Waals surface area contributed by atoms with E-state index >= 15 is 0 Å². The van der Waals surface area contributed by atoms with Gasteiger partial charge in [0.15, 0.2) is 0 Å². The number of rotatable bonds is 3. The Morgan fingerprint density at radius 1 is 1.12 bits per heavy atom. The van der Waals surface area contributed by atoms with E-state index in [-0.39, 0.29) is 30.4 Å². The number of ether oxygens (including phenoxy) is 1. The number of hydrogen-bond donors (Lipinski definition) is 1. The highest BCUT2D eigenvalue weighted by atomic mass is 19.4. The van der Waals surface area contributed by atoms with Gasteiger partial charge in [-0.05, 0) is 29.3 Å². The van der Waals surface area contributed by atoms with Crippen molar-refractivity contribution in [3.05, 3.63) is 64.9 Å². The highest BCUT2D eigenvalue weighted by molar-refractivity contribution is 6.05. The Morgan fingerprint density at radius 2 is 1.91 bits per heavy atom. The van der Waals surface area contributed by atoms with E-state index in [0.29, 0.717) is 22.9 Å². The summed E-state index contributed by atoms with van der Waals surface area (Å²) in [4.78, 5) is 25.6. The average Bonchev–Trinajstić information content (AvgIpc) is 3.14. The molecule has 0 aliphatic carbocycles. The number of fused-ring (bicyclic) bond motifs is 4. The zero-order chi connectivity index (χ0) is 22.8. The van der Waals surface area contributed by atoms with Gasteiger partial charge in [-0.1, -0.05) is 12.1 Å². The Hall–Kier alpha value is -3.63. The Kier molecular flexibility index (Phi) is 4.40. The number of hydrogen-bond acceptors (Lipinski definition) is 3. The molecule has 0 saturated carbocycles. The lowest BCUT2D eigenvalue weighted by atomic mass is 9.97. The Labute approximate surface area is 177 Å². The van der Waals surface area contributed by atoms with Gasteiger partial charge in [0.1, 0.15) is 23.4 Å². The zero-order valence-corrected chi connectivity index (χ0v) is 16.2. The molecule has 1 saturated heterocycles. The Bertz CT molecular complexity index is 1280. The lowest BCUT2D eigenvalue weighted by molar-refractivity contribution is -0.274. The van der Waals surface area contributed by atoms with Gasteiger partial charge in [-0.25, -0.2) is 13.6 Å². The van der Waals surface area contributed by atoms with E-state index in [1.165, 1.54) is 21.6 Å². The van der Waals surface area contributed by atoms with E-state index in [2.05, 4.69) is 10.1 Å². The molecule has 32 heavy (non-hydrogen) atoms. The number of carbonyl (C=O) groups excluding carboxylic acids is 2. The second-order valence-corrected chi connectivity index (χ2v) is 7.63. The molecular weight excluding hydrogens is 437 g/mol. The zero-order valence-electron chi connectivity index (χ0n) is 16.2.